The Bertz CT molecular complexity index is 2850. The number of ether oxygens (including phenoxy) is 1. The molecule has 8 aromatic carbocycles. The zero-order chi connectivity index (χ0) is 37.1. The van der Waals surface area contributed by atoms with Crippen molar-refractivity contribution in [2.24, 2.45) is 0 Å². The van der Waals surface area contributed by atoms with Gasteiger partial charge in [-0.25, -0.2) is 9.97 Å². The number of rotatable bonds is 5. The van der Waals surface area contributed by atoms with Gasteiger partial charge in [-0.15, -0.1) is 0 Å². The average molecular weight is 715 g/mol. The van der Waals surface area contributed by atoms with Gasteiger partial charge in [-0.2, -0.15) is 0 Å². The summed E-state index contributed by atoms with van der Waals surface area (Å²) in [7, 11) is 0. The number of fused-ring (bicyclic) bond motifs is 9. The smallest absolute Gasteiger partial charge is 0.160 e. The summed E-state index contributed by atoms with van der Waals surface area (Å²) in [5.41, 5.74) is 16.1. The third-order valence-corrected chi connectivity index (χ3v) is 11.4. The first-order valence-electron chi connectivity index (χ1n) is 19.1. The van der Waals surface area contributed by atoms with Crippen LogP contribution in [0.15, 0.2) is 206 Å². The highest BCUT2D eigenvalue weighted by atomic mass is 16.5. The van der Waals surface area contributed by atoms with E-state index in [1.54, 1.807) is 0 Å². The van der Waals surface area contributed by atoms with E-state index in [4.69, 9.17) is 14.7 Å². The van der Waals surface area contributed by atoms with Gasteiger partial charge in [-0.05, 0) is 63.2 Å². The van der Waals surface area contributed by atoms with Gasteiger partial charge in [-0.3, -0.25) is 0 Å². The van der Waals surface area contributed by atoms with E-state index in [0.717, 1.165) is 67.4 Å². The maximum absolute atomic E-state index is 6.98. The van der Waals surface area contributed by atoms with Crippen LogP contribution >= 0.6 is 0 Å². The second-order valence-corrected chi connectivity index (χ2v) is 14.5. The van der Waals surface area contributed by atoms with Gasteiger partial charge in [0.15, 0.2) is 5.82 Å². The molecule has 1 aliphatic carbocycles. The predicted molar refractivity (Wildman–Crippen MR) is 227 cm³/mol. The van der Waals surface area contributed by atoms with E-state index in [0.29, 0.717) is 5.82 Å². The number of benzene rings is 8. The highest BCUT2D eigenvalue weighted by Gasteiger charge is 2.51. The molecule has 1 spiro atoms. The topological polar surface area (TPSA) is 35.0 Å². The Morgan fingerprint density at radius 1 is 0.321 bits per heavy atom. The molecule has 1 aliphatic heterocycles. The first-order valence-corrected chi connectivity index (χ1v) is 19.1. The van der Waals surface area contributed by atoms with Crippen LogP contribution in [0.25, 0.3) is 67.3 Å². The molecule has 2 heterocycles. The van der Waals surface area contributed by atoms with Crippen molar-refractivity contribution in [2.75, 3.05) is 0 Å². The van der Waals surface area contributed by atoms with E-state index in [1.165, 1.54) is 27.8 Å². The monoisotopic (exact) mass is 714 g/mol. The Kier molecular flexibility index (Phi) is 7.39. The molecule has 0 bridgehead atoms. The lowest BCUT2D eigenvalue weighted by molar-refractivity contribution is 0.438. The fourth-order valence-corrected chi connectivity index (χ4v) is 8.90. The van der Waals surface area contributed by atoms with E-state index < -0.39 is 5.41 Å². The first kappa shape index (κ1) is 32.1. The summed E-state index contributed by atoms with van der Waals surface area (Å²) in [5.74, 6) is 2.47. The summed E-state index contributed by atoms with van der Waals surface area (Å²) in [5, 5.41) is 0. The molecule has 1 aromatic heterocycles. The zero-order valence-electron chi connectivity index (χ0n) is 30.4. The van der Waals surface area contributed by atoms with Crippen molar-refractivity contribution in [2.45, 2.75) is 5.41 Å². The minimum atomic E-state index is -0.508. The maximum Gasteiger partial charge on any atom is 0.160 e. The lowest BCUT2D eigenvalue weighted by Gasteiger charge is -2.40. The Morgan fingerprint density at radius 3 is 1.41 bits per heavy atom. The number of hydrogen-bond acceptors (Lipinski definition) is 3. The van der Waals surface area contributed by atoms with Gasteiger partial charge >= 0.3 is 0 Å². The van der Waals surface area contributed by atoms with Gasteiger partial charge < -0.3 is 4.74 Å². The van der Waals surface area contributed by atoms with Crippen LogP contribution in [0.3, 0.4) is 0 Å². The van der Waals surface area contributed by atoms with Crippen LogP contribution in [-0.2, 0) is 5.41 Å². The molecule has 3 heteroatoms. The molecule has 0 saturated carbocycles. The quantitative estimate of drug-likeness (QED) is 0.178. The molecule has 56 heavy (non-hydrogen) atoms. The van der Waals surface area contributed by atoms with Crippen LogP contribution in [0.5, 0.6) is 11.5 Å². The molecule has 0 unspecified atom stereocenters. The van der Waals surface area contributed by atoms with E-state index in [9.17, 15) is 0 Å². The molecule has 0 amide bonds. The van der Waals surface area contributed by atoms with E-state index in [2.05, 4.69) is 170 Å². The third-order valence-electron chi connectivity index (χ3n) is 11.4. The molecule has 262 valence electrons. The highest BCUT2D eigenvalue weighted by Crippen LogP contribution is 2.63. The van der Waals surface area contributed by atoms with E-state index in [-0.39, 0.29) is 0 Å². The van der Waals surface area contributed by atoms with E-state index >= 15 is 0 Å². The maximum atomic E-state index is 6.98. The van der Waals surface area contributed by atoms with Crippen molar-refractivity contribution >= 4 is 0 Å². The summed E-state index contributed by atoms with van der Waals surface area (Å²) in [6.45, 7) is 0. The van der Waals surface area contributed by atoms with Crippen molar-refractivity contribution in [3.63, 3.8) is 0 Å². The van der Waals surface area contributed by atoms with Crippen LogP contribution in [0.2, 0.25) is 0 Å². The highest BCUT2D eigenvalue weighted by molar-refractivity contribution is 5.91. The second-order valence-electron chi connectivity index (χ2n) is 14.5. The average Bonchev–Trinajstić information content (AvgIpc) is 3.57. The number of hydrogen-bond donors (Lipinski definition) is 0. The lowest BCUT2D eigenvalue weighted by atomic mass is 9.65. The van der Waals surface area contributed by atoms with Crippen molar-refractivity contribution < 1.29 is 4.74 Å². The van der Waals surface area contributed by atoms with Crippen molar-refractivity contribution in [3.05, 3.63) is 229 Å². The molecule has 0 atom stereocenters. The SMILES string of the molecule is c1ccc(-c2cc(-c3ccccc3)nc(-c3cccc(-c4cccc(-c5cccc6c5Oc5ccccc5C65c6ccccc6-c6ccccc65)c4)c3)n2)cc1. The normalized spacial score (nSPS) is 12.9. The van der Waals surface area contributed by atoms with Crippen LogP contribution in [0, 0.1) is 0 Å². The predicted octanol–water partition coefficient (Wildman–Crippen LogP) is 13.3. The van der Waals surface area contributed by atoms with Crippen molar-refractivity contribution in [1.29, 1.82) is 0 Å². The van der Waals surface area contributed by atoms with Crippen molar-refractivity contribution in [1.82, 2.24) is 9.97 Å². The Morgan fingerprint density at radius 2 is 0.768 bits per heavy atom. The largest absolute Gasteiger partial charge is 0.456 e. The van der Waals surface area contributed by atoms with Gasteiger partial charge in [0.2, 0.25) is 0 Å². The molecule has 0 radical (unpaired) electrons. The van der Waals surface area contributed by atoms with Crippen LogP contribution in [-0.4, -0.2) is 9.97 Å². The fraction of sp³-hybridized carbons (Fsp3) is 0.0189. The van der Waals surface area contributed by atoms with Crippen LogP contribution in [0.4, 0.5) is 0 Å². The molecule has 0 fully saturated rings. The Labute approximate surface area is 326 Å². The number of para-hydroxylation sites is 2. The summed E-state index contributed by atoms with van der Waals surface area (Å²) in [6, 6.07) is 73.0. The van der Waals surface area contributed by atoms with Gasteiger partial charge in [0.25, 0.3) is 0 Å². The molecule has 0 saturated heterocycles. The number of aromatic nitrogens is 2. The lowest BCUT2D eigenvalue weighted by Crippen LogP contribution is -2.32. The summed E-state index contributed by atoms with van der Waals surface area (Å²) in [6.07, 6.45) is 0. The fourth-order valence-electron chi connectivity index (χ4n) is 8.90. The molecule has 9 aromatic rings. The Balaban J connectivity index is 1.04. The third kappa shape index (κ3) is 4.98. The van der Waals surface area contributed by atoms with Gasteiger partial charge in [0.05, 0.1) is 16.8 Å². The molecule has 11 rings (SSSR count). The second kappa shape index (κ2) is 12.9. The number of nitrogens with zero attached hydrogens (tertiary/aromatic N) is 2. The molecular formula is C53H34N2O. The molecule has 2 aliphatic rings. The first-order chi connectivity index (χ1) is 27.8. The Hall–Kier alpha value is -7.36. The van der Waals surface area contributed by atoms with Crippen molar-refractivity contribution in [3.8, 4) is 78.8 Å². The molecular weight excluding hydrogens is 681 g/mol. The summed E-state index contributed by atoms with van der Waals surface area (Å²) < 4.78 is 6.98. The van der Waals surface area contributed by atoms with Gasteiger partial charge in [0.1, 0.15) is 11.5 Å². The standard InChI is InChI=1S/C53H34N2O/c1-3-16-35(17-4-1)48-34-49(36-18-5-2-6-19-36)55-52(54-48)40-23-14-21-38(33-40)37-20-13-22-39(32-37)41-26-15-30-47-51(41)56-50-31-12-11-29-46(50)53(47)44-27-9-7-24-42(44)43-25-8-10-28-45(43)53/h1-34H. The van der Waals surface area contributed by atoms with Crippen LogP contribution < -0.4 is 4.74 Å². The summed E-state index contributed by atoms with van der Waals surface area (Å²) >= 11 is 0. The minimum Gasteiger partial charge on any atom is -0.456 e. The van der Waals surface area contributed by atoms with Gasteiger partial charge in [-0.1, -0.05) is 182 Å². The van der Waals surface area contributed by atoms with Crippen LogP contribution in [0.1, 0.15) is 22.3 Å². The van der Waals surface area contributed by atoms with E-state index in [1.807, 2.05) is 36.4 Å². The molecule has 0 N–H and O–H groups in total. The summed E-state index contributed by atoms with van der Waals surface area (Å²) in [4.78, 5) is 10.2. The van der Waals surface area contributed by atoms with Gasteiger partial charge in [0, 0.05) is 33.4 Å². The minimum absolute atomic E-state index is 0.508. The molecule has 3 nitrogen and oxygen atoms in total. The zero-order valence-corrected chi connectivity index (χ0v) is 30.4.